The zero-order valence-electron chi connectivity index (χ0n) is 9.18. The van der Waals surface area contributed by atoms with Gasteiger partial charge in [0.15, 0.2) is 8.32 Å². The fourth-order valence-electron chi connectivity index (χ4n) is 2.02. The third kappa shape index (κ3) is 2.68. The van der Waals surface area contributed by atoms with E-state index in [9.17, 15) is 0 Å². The maximum atomic E-state index is 6.30. The van der Waals surface area contributed by atoms with Gasteiger partial charge in [-0.25, -0.2) is 0 Å². The predicted molar refractivity (Wildman–Crippen MR) is 60.4 cm³/mol. The van der Waals surface area contributed by atoms with Gasteiger partial charge in [-0.2, -0.15) is 0 Å². The Morgan fingerprint density at radius 2 is 1.85 bits per heavy atom. The van der Waals surface area contributed by atoms with E-state index >= 15 is 0 Å². The summed E-state index contributed by atoms with van der Waals surface area (Å²) in [6.45, 7) is 6.87. The topological polar surface area (TPSA) is 9.23 Å². The largest absolute Gasteiger partial charge is 0.411 e. The smallest absolute Gasteiger partial charge is 0.192 e. The molecule has 13 heavy (non-hydrogen) atoms. The lowest BCUT2D eigenvalue weighted by Gasteiger charge is -2.31. The van der Waals surface area contributed by atoms with Gasteiger partial charge in [0, 0.05) is 0 Å². The summed E-state index contributed by atoms with van der Waals surface area (Å²) in [7, 11) is -1.33. The van der Waals surface area contributed by atoms with E-state index in [1.165, 1.54) is 31.0 Å². The van der Waals surface area contributed by atoms with Gasteiger partial charge < -0.3 is 4.43 Å². The maximum absolute atomic E-state index is 6.30. The summed E-state index contributed by atoms with van der Waals surface area (Å²) in [4.78, 5) is 0. The zero-order chi connectivity index (χ0) is 9.73. The molecule has 2 heteroatoms. The van der Waals surface area contributed by atoms with Gasteiger partial charge in [0.05, 0.1) is 6.10 Å². The second-order valence-corrected chi connectivity index (χ2v) is 8.63. The van der Waals surface area contributed by atoms with E-state index in [4.69, 9.17) is 4.43 Å². The van der Waals surface area contributed by atoms with Gasteiger partial charge >= 0.3 is 0 Å². The second kappa shape index (κ2) is 4.96. The normalized spacial score (nSPS) is 22.5. The Morgan fingerprint density at radius 3 is 2.23 bits per heavy atom. The van der Waals surface area contributed by atoms with Gasteiger partial charge in [0.25, 0.3) is 0 Å². The van der Waals surface area contributed by atoms with E-state index in [0.717, 1.165) is 0 Å². The summed E-state index contributed by atoms with van der Waals surface area (Å²) in [6, 6.07) is 3.80. The highest BCUT2D eigenvalue weighted by Crippen LogP contribution is 2.26. The molecule has 0 bridgehead atoms. The number of rotatable bonds is 5. The van der Waals surface area contributed by atoms with Gasteiger partial charge in [0.2, 0.25) is 0 Å². The Kier molecular flexibility index (Phi) is 4.20. The molecule has 0 aliphatic heterocycles. The Morgan fingerprint density at radius 1 is 1.23 bits per heavy atom. The van der Waals surface area contributed by atoms with E-state index in [1.54, 1.807) is 0 Å². The van der Waals surface area contributed by atoms with Crippen molar-refractivity contribution in [3.63, 3.8) is 0 Å². The van der Waals surface area contributed by atoms with Gasteiger partial charge in [-0.05, 0) is 31.0 Å². The van der Waals surface area contributed by atoms with Gasteiger partial charge in [-0.1, -0.05) is 32.9 Å². The molecule has 1 aliphatic rings. The van der Waals surface area contributed by atoms with Crippen LogP contribution in [-0.4, -0.2) is 14.4 Å². The Hall–Kier alpha value is -0.0831. The van der Waals surface area contributed by atoms with Crippen molar-refractivity contribution in [2.24, 2.45) is 0 Å². The lowest BCUT2D eigenvalue weighted by atomic mass is 10.3. The standard InChI is InChI=1S/C11H22OSi/c1-4-13(5-2,6-3)12-11-9-7-8-10-11/h7,9,11H,4-6,8,10H2,1-3H3/t11-/m1/s1. The molecule has 0 aromatic rings. The summed E-state index contributed by atoms with van der Waals surface area (Å²) in [5.74, 6) is 0. The minimum Gasteiger partial charge on any atom is -0.411 e. The van der Waals surface area contributed by atoms with E-state index < -0.39 is 8.32 Å². The lowest BCUT2D eigenvalue weighted by Crippen LogP contribution is -2.38. The molecule has 0 aromatic heterocycles. The molecule has 0 spiro atoms. The predicted octanol–water partition coefficient (Wildman–Crippen LogP) is 3.73. The molecule has 76 valence electrons. The zero-order valence-corrected chi connectivity index (χ0v) is 10.2. The molecule has 1 rings (SSSR count). The third-order valence-electron chi connectivity index (χ3n) is 3.30. The first-order chi connectivity index (χ1) is 6.26. The van der Waals surface area contributed by atoms with Crippen molar-refractivity contribution >= 4 is 8.32 Å². The fraction of sp³-hybridized carbons (Fsp3) is 0.818. The number of allylic oxidation sites excluding steroid dienone is 1. The van der Waals surface area contributed by atoms with Crippen LogP contribution in [-0.2, 0) is 4.43 Å². The summed E-state index contributed by atoms with van der Waals surface area (Å²) < 4.78 is 6.30. The molecule has 0 saturated carbocycles. The molecule has 1 atom stereocenters. The molecule has 0 fully saturated rings. The highest BCUT2D eigenvalue weighted by Gasteiger charge is 2.31. The SMILES string of the molecule is CC[Si](CC)(CC)O[C@@H]1C=CCC1. The first kappa shape index (κ1) is 11.0. The molecule has 0 saturated heterocycles. The summed E-state index contributed by atoms with van der Waals surface area (Å²) >= 11 is 0. The van der Waals surface area contributed by atoms with Crippen molar-refractivity contribution in [2.75, 3.05) is 0 Å². The molecule has 0 aromatic carbocycles. The highest BCUT2D eigenvalue weighted by atomic mass is 28.4. The van der Waals surface area contributed by atoms with Crippen molar-refractivity contribution in [3.8, 4) is 0 Å². The van der Waals surface area contributed by atoms with Crippen LogP contribution >= 0.6 is 0 Å². The summed E-state index contributed by atoms with van der Waals surface area (Å²) in [6.07, 6.45) is 7.39. The first-order valence-corrected chi connectivity index (χ1v) is 8.13. The van der Waals surface area contributed by atoms with Crippen LogP contribution in [0.15, 0.2) is 12.2 Å². The monoisotopic (exact) mass is 198 g/mol. The minimum absolute atomic E-state index is 0.450. The summed E-state index contributed by atoms with van der Waals surface area (Å²) in [5, 5.41) is 0. The Labute approximate surface area is 83.3 Å². The first-order valence-electron chi connectivity index (χ1n) is 5.60. The molecule has 0 radical (unpaired) electrons. The highest BCUT2D eigenvalue weighted by molar-refractivity contribution is 6.73. The van der Waals surface area contributed by atoms with Crippen molar-refractivity contribution < 1.29 is 4.43 Å². The fourth-order valence-corrected chi connectivity index (χ4v) is 4.86. The van der Waals surface area contributed by atoms with Crippen molar-refractivity contribution in [2.45, 2.75) is 57.8 Å². The second-order valence-electron chi connectivity index (χ2n) is 3.91. The molecular weight excluding hydrogens is 176 g/mol. The van der Waals surface area contributed by atoms with E-state index in [0.29, 0.717) is 6.10 Å². The molecule has 0 heterocycles. The molecular formula is C11H22OSi. The number of hydrogen-bond acceptors (Lipinski definition) is 1. The molecule has 0 unspecified atom stereocenters. The minimum atomic E-state index is -1.33. The molecule has 0 amide bonds. The van der Waals surface area contributed by atoms with Crippen molar-refractivity contribution in [1.29, 1.82) is 0 Å². The van der Waals surface area contributed by atoms with Crippen LogP contribution in [0.4, 0.5) is 0 Å². The quantitative estimate of drug-likeness (QED) is 0.483. The number of hydrogen-bond donors (Lipinski definition) is 0. The van der Waals surface area contributed by atoms with Crippen LogP contribution in [0.1, 0.15) is 33.6 Å². The molecule has 1 nitrogen and oxygen atoms in total. The third-order valence-corrected chi connectivity index (χ3v) is 7.97. The van der Waals surface area contributed by atoms with Crippen molar-refractivity contribution in [1.82, 2.24) is 0 Å². The molecule has 1 aliphatic carbocycles. The Balaban J connectivity index is 2.50. The van der Waals surface area contributed by atoms with Crippen molar-refractivity contribution in [3.05, 3.63) is 12.2 Å². The van der Waals surface area contributed by atoms with Gasteiger partial charge in [-0.3, -0.25) is 0 Å². The lowest BCUT2D eigenvalue weighted by molar-refractivity contribution is 0.232. The average molecular weight is 198 g/mol. The van der Waals surface area contributed by atoms with Crippen LogP contribution in [0.25, 0.3) is 0 Å². The summed E-state index contributed by atoms with van der Waals surface area (Å²) in [5.41, 5.74) is 0. The van der Waals surface area contributed by atoms with E-state index in [-0.39, 0.29) is 0 Å². The van der Waals surface area contributed by atoms with E-state index in [2.05, 4.69) is 32.9 Å². The van der Waals surface area contributed by atoms with Crippen LogP contribution in [0.2, 0.25) is 18.1 Å². The maximum Gasteiger partial charge on any atom is 0.192 e. The van der Waals surface area contributed by atoms with Crippen LogP contribution in [0.3, 0.4) is 0 Å². The van der Waals surface area contributed by atoms with E-state index in [1.807, 2.05) is 0 Å². The van der Waals surface area contributed by atoms with Gasteiger partial charge in [0.1, 0.15) is 0 Å². The van der Waals surface area contributed by atoms with Gasteiger partial charge in [-0.15, -0.1) is 0 Å². The van der Waals surface area contributed by atoms with Crippen LogP contribution < -0.4 is 0 Å². The van der Waals surface area contributed by atoms with Crippen LogP contribution in [0.5, 0.6) is 0 Å². The Bertz CT molecular complexity index is 165. The molecule has 0 N–H and O–H groups in total. The average Bonchev–Trinajstić information content (AvgIpc) is 2.67. The van der Waals surface area contributed by atoms with Crippen LogP contribution in [0, 0.1) is 0 Å².